The summed E-state index contributed by atoms with van der Waals surface area (Å²) in [6.07, 6.45) is 9.79. The van der Waals surface area contributed by atoms with Gasteiger partial charge < -0.3 is 93.9 Å². The summed E-state index contributed by atoms with van der Waals surface area (Å²) >= 11 is 16.5. The molecule has 0 spiro atoms. The van der Waals surface area contributed by atoms with Crippen molar-refractivity contribution in [2.24, 2.45) is 0 Å². The zero-order valence-electron chi connectivity index (χ0n) is 86.4. The lowest BCUT2D eigenvalue weighted by Crippen LogP contribution is -2.66. The van der Waals surface area contributed by atoms with Crippen molar-refractivity contribution in [1.29, 1.82) is 0 Å². The maximum atomic E-state index is 13.4. The van der Waals surface area contributed by atoms with E-state index in [4.69, 9.17) is 99.2 Å². The number of rotatable bonds is 20. The summed E-state index contributed by atoms with van der Waals surface area (Å²) in [7, 11) is -23.3. The third-order valence-electron chi connectivity index (χ3n) is 26.5. The van der Waals surface area contributed by atoms with Crippen LogP contribution in [0.5, 0.6) is 0 Å². The molecule has 792 valence electrons. The molecule has 0 radical (unpaired) electrons. The van der Waals surface area contributed by atoms with E-state index in [0.717, 1.165) is 0 Å². The minimum atomic E-state index is -3.15. The van der Waals surface area contributed by atoms with Crippen molar-refractivity contribution >= 4 is 158 Å². The van der Waals surface area contributed by atoms with Gasteiger partial charge in [-0.1, -0.05) is 166 Å². The van der Waals surface area contributed by atoms with Crippen LogP contribution in [0.25, 0.3) is 0 Å². The predicted molar refractivity (Wildman–Crippen MR) is 560 cm³/mol. The van der Waals surface area contributed by atoms with E-state index >= 15 is 0 Å². The normalized spacial score (nSPS) is 25.6. The maximum Gasteiger partial charge on any atom is 0.351 e. The summed E-state index contributed by atoms with van der Waals surface area (Å²) in [5.74, 6) is -0.0764. The summed E-state index contributed by atoms with van der Waals surface area (Å²) < 4.78 is 150. The third-order valence-corrected chi connectivity index (χ3v) is 61.6. The van der Waals surface area contributed by atoms with E-state index in [2.05, 4.69) is 217 Å². The molecular formula is C89H147N17O25S5Si6. The largest absolute Gasteiger partial charge is 0.460 e. The van der Waals surface area contributed by atoms with Crippen LogP contribution < -0.4 is 38.3 Å². The fraction of sp³-hybridized carbons (Fsp3) is 0.697. The van der Waals surface area contributed by atoms with Gasteiger partial charge in [0.15, 0.2) is 55.7 Å². The van der Waals surface area contributed by atoms with Crippen LogP contribution in [0.2, 0.25) is 66.5 Å². The van der Waals surface area contributed by atoms with E-state index < -0.39 is 162 Å². The van der Waals surface area contributed by atoms with Crippen molar-refractivity contribution < 1.29 is 98.9 Å². The van der Waals surface area contributed by atoms with Crippen LogP contribution in [-0.2, 0) is 96.6 Å². The Balaban J connectivity index is 0.000000199. The number of amides is 3. The Labute approximate surface area is 855 Å². The predicted octanol–water partition coefficient (Wildman–Crippen LogP) is 11.1. The number of nitrogens with zero attached hydrogens (tertiary/aromatic N) is 13. The monoisotopic (exact) mass is 2180 g/mol. The molecule has 6 aromatic rings. The van der Waals surface area contributed by atoms with Crippen molar-refractivity contribution in [2.45, 2.75) is 327 Å². The van der Waals surface area contributed by atoms with Crippen LogP contribution in [0.1, 0.15) is 206 Å². The Morgan fingerprint density at radius 2 is 0.690 bits per heavy atom. The lowest BCUT2D eigenvalue weighted by Gasteiger charge is -2.51. The van der Waals surface area contributed by atoms with Crippen LogP contribution in [0, 0.1) is 0 Å². The number of hydrogen-bond acceptors (Lipinski definition) is 35. The minimum Gasteiger partial charge on any atom is -0.460 e. The lowest BCUT2D eigenvalue weighted by molar-refractivity contribution is -0.115. The zero-order chi connectivity index (χ0) is 105. The molecule has 53 heteroatoms. The molecule has 8 aliphatic rings. The first-order chi connectivity index (χ1) is 66.5. The number of fused-ring (bicyclic) bond motifs is 3. The molecule has 12 atom stereocenters. The summed E-state index contributed by atoms with van der Waals surface area (Å²) in [4.78, 5) is 99.4. The van der Waals surface area contributed by atoms with Crippen molar-refractivity contribution in [3.05, 3.63) is 124 Å². The highest BCUT2D eigenvalue weighted by molar-refractivity contribution is 7.91. The van der Waals surface area contributed by atoms with Gasteiger partial charge in [-0.3, -0.25) is 41.8 Å². The quantitative estimate of drug-likeness (QED) is 0.0350. The van der Waals surface area contributed by atoms with Gasteiger partial charge in [-0.15, -0.1) is 0 Å². The number of nitrogens with one attached hydrogen (secondary N) is 4. The van der Waals surface area contributed by atoms with Gasteiger partial charge in [-0.25, -0.2) is 46.2 Å². The van der Waals surface area contributed by atoms with E-state index in [-0.39, 0.29) is 156 Å². The topological polar surface area (TPSA) is 478 Å². The molecule has 0 aliphatic carbocycles. The van der Waals surface area contributed by atoms with E-state index in [9.17, 15) is 50.7 Å². The number of thiocarbonyl (C=S) groups is 3. The van der Waals surface area contributed by atoms with Crippen LogP contribution in [0.4, 0.5) is 17.5 Å². The van der Waals surface area contributed by atoms with Crippen LogP contribution >= 0.6 is 36.7 Å². The Morgan fingerprint density at radius 1 is 0.408 bits per heavy atom. The molecule has 14 rings (SSSR count). The highest BCUT2D eigenvalue weighted by Crippen LogP contribution is 2.53. The minimum absolute atomic E-state index is 0.0319. The van der Waals surface area contributed by atoms with Crippen molar-refractivity contribution in [3.8, 4) is 0 Å². The second kappa shape index (κ2) is 49.0. The number of aromatic nitrogens is 12. The van der Waals surface area contributed by atoms with Gasteiger partial charge in [0, 0.05) is 103 Å². The number of aliphatic hydroxyl groups is 1. The molecule has 8 aliphatic heterocycles. The second-order valence-electron chi connectivity index (χ2n) is 40.3. The molecule has 3 unspecified atom stereocenters. The Morgan fingerprint density at radius 3 is 0.972 bits per heavy atom. The Kier molecular flexibility index (Phi) is 40.3. The van der Waals surface area contributed by atoms with Crippen LogP contribution in [0.3, 0.4) is 0 Å². The van der Waals surface area contributed by atoms with E-state index in [1.807, 2.05) is 0 Å². The van der Waals surface area contributed by atoms with Gasteiger partial charge in [0.2, 0.25) is 17.7 Å². The number of imidazole rings is 3. The molecule has 3 amide bonds. The van der Waals surface area contributed by atoms with E-state index in [0.29, 0.717) is 29.7 Å². The molecule has 0 aromatic carbocycles. The molecule has 142 heavy (non-hydrogen) atoms. The van der Waals surface area contributed by atoms with Gasteiger partial charge in [-0.2, -0.15) is 15.0 Å². The van der Waals surface area contributed by atoms with E-state index in [1.54, 1.807) is 68.4 Å². The summed E-state index contributed by atoms with van der Waals surface area (Å²) in [6, 6.07) is 4.54. The number of hydrogen-bond donors (Lipinski definition) is 5. The molecule has 42 nitrogen and oxygen atoms in total. The second-order valence-corrected chi connectivity index (χ2v) is 72.5. The summed E-state index contributed by atoms with van der Waals surface area (Å²) in [5.41, 5.74) is -0.573. The molecule has 8 fully saturated rings. The summed E-state index contributed by atoms with van der Waals surface area (Å²) in [6.45, 7) is 57.4. The smallest absolute Gasteiger partial charge is 0.351 e. The lowest BCUT2D eigenvalue weighted by atomic mass is 10.1. The summed E-state index contributed by atoms with van der Waals surface area (Å²) in [5, 5.41) is 22.7. The molecule has 6 aromatic heterocycles. The highest BCUT2D eigenvalue weighted by atomic mass is 32.2. The number of aliphatic hydroxyl groups excluding tert-OH is 1. The van der Waals surface area contributed by atoms with Gasteiger partial charge in [-0.05, 0) is 121 Å². The highest BCUT2D eigenvalue weighted by Gasteiger charge is 2.67. The number of ether oxygens (including phenoxy) is 5. The maximum absolute atomic E-state index is 13.4. The fourth-order valence-corrected chi connectivity index (χ4v) is 55.7. The van der Waals surface area contributed by atoms with Gasteiger partial charge in [0.05, 0.1) is 42.8 Å². The van der Waals surface area contributed by atoms with Crippen LogP contribution in [0.15, 0.2) is 107 Å². The molecule has 0 saturated carbocycles. The average molecular weight is 2180 g/mol. The molecule has 14 heterocycles. The number of anilines is 3. The van der Waals surface area contributed by atoms with Crippen LogP contribution in [-0.4, -0.2) is 293 Å². The van der Waals surface area contributed by atoms with Crippen molar-refractivity contribution in [1.82, 2.24) is 67.5 Å². The zero-order valence-corrected chi connectivity index (χ0v) is 96.5. The van der Waals surface area contributed by atoms with Crippen molar-refractivity contribution in [3.63, 3.8) is 0 Å². The Hall–Kier alpha value is -7.01. The molecule has 0 bridgehead atoms. The molecular weight excluding hydrogens is 2040 g/mol. The van der Waals surface area contributed by atoms with Gasteiger partial charge >= 0.3 is 68.4 Å². The first-order valence-electron chi connectivity index (χ1n) is 48.5. The number of sulfone groups is 2. The molecule has 5 N–H and O–H groups in total. The fourth-order valence-electron chi connectivity index (χ4n) is 19.1. The Bertz CT molecular complexity index is 5580. The standard InChI is InChI=1S/C28H48N4O9S2Si2.C27H43N5O7SSi2.C23H41N3O7Si2.C7H6N4S.C4H9NO2S/c1-17(2)44(18(3)4)37-16-22-24(40-45(41-44,19(5)6)20(7)8)25(39-28(42)31-12-14-43(35,36)15-13-31)26(38-22)32-11-10-23(29-21(9)33)30-27(32)34;1-16(2)41(17(3)4)35-14-21-23(38-42(39-41,18(5)6)19(7)8)24(37-27(40)31-13-11-28-15-31)25(36-21)32-12-10-22(29-20(9)33)30-26(32)34;1-13(2)34(14(3)4)30-12-18-21(32-35(33-34,15(5)6)16(7)8)20(28)22(31-18)26-11-10-19(24-17(9)27)25-23(26)29;12-7(10-3-1-8-5-10)11-4-2-9-6-11;6-8(7)3-1-5-2-4-8/h10-11,17-20,22,24-26H,12-16H2,1-9H3,(H,29,30,33,34);10-13,15-19,21,23-25H,14H2,1-9H3,(H,29,30,33,34);10-11,13-16,18,20-22,28H,12H2,1-9H3,(H,24,25,27,29);1-6H;5H,1-4H2/t22-,24+,25?,26-;21-,23+,24?,25-;18-,20?,21+,22-;;/m111../s1. The third kappa shape index (κ3) is 26.8. The van der Waals surface area contributed by atoms with Gasteiger partial charge in [0.1, 0.15) is 79.2 Å². The van der Waals surface area contributed by atoms with Crippen molar-refractivity contribution in [2.75, 3.05) is 85.0 Å². The number of carbonyl (C=O) groups is 3. The average Bonchev–Trinajstić information content (AvgIpc) is 1.49. The SMILES string of the molecule is CC(=O)Nc1ccn([C@@H]2O[C@@H]3CO[Si](C(C)C)(C(C)C)O[Si](C(C)C)(C(C)C)O[C@@H]3C2O)c(=O)n1.CC(=O)Nc1ccn([C@@H]2O[C@@H]3CO[Si](C(C)C)(C(C)C)O[Si](C(C)C)(C(C)C)O[C@@H]3C2OC(=S)N2CCS(=O)(=O)CC2)c(=O)n1.CC(=O)Nc1ccn([C@@H]2O[C@@H]3CO[Si](C(C)C)(C(C)C)O[Si](C(C)C)(C(C)C)O[C@@H]3C2OC(=S)n2ccnc2)c(=O)n1.O=S1(=O)CCNCC1.S=C(n1ccnc1)n1ccnc1. The van der Waals surface area contributed by atoms with E-state index in [1.165, 1.54) is 77.6 Å². The molecule has 8 saturated heterocycles. The van der Waals surface area contributed by atoms with Gasteiger partial charge in [0.25, 0.3) is 10.3 Å². The first kappa shape index (κ1) is 117. The first-order valence-corrected chi connectivity index (χ1v) is 65.2. The number of carbonyl (C=O) groups excluding carboxylic acids is 3.